The Hall–Kier alpha value is -1.73. The van der Waals surface area contributed by atoms with Crippen LogP contribution in [0.25, 0.3) is 0 Å². The molecule has 19 heteroatoms. The van der Waals surface area contributed by atoms with Crippen molar-refractivity contribution in [2.45, 2.75) is 266 Å². The minimum absolute atomic E-state index is 0.234. The molecule has 3 rings (SSSR count). The predicted octanol–water partition coefficient (Wildman–Crippen LogP) is 2.42. The lowest BCUT2D eigenvalue weighted by molar-refractivity contribution is -0.379. The molecule has 3 aliphatic rings. The molecule has 0 bridgehead atoms. The van der Waals surface area contributed by atoms with Crippen LogP contribution in [-0.4, -0.2) is 193 Å². The van der Waals surface area contributed by atoms with Gasteiger partial charge < -0.3 is 89.9 Å². The van der Waals surface area contributed by atoms with Crippen molar-refractivity contribution in [3.63, 3.8) is 0 Å². The Balaban J connectivity index is 1.52. The predicted molar refractivity (Wildman–Crippen MR) is 259 cm³/mol. The van der Waals surface area contributed by atoms with Crippen molar-refractivity contribution in [2.75, 3.05) is 26.4 Å². The van der Waals surface area contributed by atoms with E-state index in [9.17, 15) is 61.0 Å². The van der Waals surface area contributed by atoms with Gasteiger partial charge in [0.05, 0.1) is 38.6 Å². The molecule has 410 valence electrons. The molecular formula is C51H93NO18. The third-order valence-electron chi connectivity index (χ3n) is 13.5. The number of carbonyl (C=O) groups excluding carboxylic acids is 1. The zero-order valence-electron chi connectivity index (χ0n) is 42.0. The van der Waals surface area contributed by atoms with Gasteiger partial charge in [0.2, 0.25) is 5.91 Å². The summed E-state index contributed by atoms with van der Waals surface area (Å²) in [6.07, 6.45) is 6.60. The summed E-state index contributed by atoms with van der Waals surface area (Å²) in [5.74, 6) is -0.297. The van der Waals surface area contributed by atoms with Crippen LogP contribution in [-0.2, 0) is 33.2 Å². The van der Waals surface area contributed by atoms with E-state index in [4.69, 9.17) is 28.4 Å². The molecule has 12 N–H and O–H groups in total. The molecule has 17 unspecified atom stereocenters. The fourth-order valence-corrected chi connectivity index (χ4v) is 9.03. The van der Waals surface area contributed by atoms with Gasteiger partial charge in [0.15, 0.2) is 18.9 Å². The summed E-state index contributed by atoms with van der Waals surface area (Å²) in [6.45, 7) is 1.60. The van der Waals surface area contributed by atoms with Crippen LogP contribution in [0.2, 0.25) is 0 Å². The first-order chi connectivity index (χ1) is 33.8. The first kappa shape index (κ1) is 62.6. The molecule has 70 heavy (non-hydrogen) atoms. The van der Waals surface area contributed by atoms with Crippen molar-refractivity contribution in [3.8, 4) is 0 Å². The average molecular weight is 1010 g/mol. The Labute approximate surface area is 416 Å². The highest BCUT2D eigenvalue weighted by molar-refractivity contribution is 5.76. The van der Waals surface area contributed by atoms with E-state index in [0.29, 0.717) is 12.8 Å². The van der Waals surface area contributed by atoms with Gasteiger partial charge in [-0.1, -0.05) is 147 Å². The third-order valence-corrected chi connectivity index (χ3v) is 13.5. The van der Waals surface area contributed by atoms with E-state index in [1.165, 1.54) is 77.0 Å². The quantitative estimate of drug-likeness (QED) is 0.0314. The van der Waals surface area contributed by atoms with Crippen molar-refractivity contribution in [2.24, 2.45) is 0 Å². The molecule has 0 spiro atoms. The van der Waals surface area contributed by atoms with E-state index < -0.39 is 124 Å². The molecule has 0 aromatic carbocycles. The summed E-state index contributed by atoms with van der Waals surface area (Å²) >= 11 is 0. The highest BCUT2D eigenvalue weighted by atomic mass is 16.8. The summed E-state index contributed by atoms with van der Waals surface area (Å²) in [6, 6.07) is -0.981. The second kappa shape index (κ2) is 36.3. The second-order valence-corrected chi connectivity index (χ2v) is 19.3. The lowest BCUT2D eigenvalue weighted by Crippen LogP contribution is -2.66. The highest BCUT2D eigenvalue weighted by Crippen LogP contribution is 2.33. The Bertz CT molecular complexity index is 1390. The topological polar surface area (TPSA) is 307 Å². The van der Waals surface area contributed by atoms with Gasteiger partial charge in [-0.05, 0) is 32.1 Å². The maximum atomic E-state index is 13.1. The molecule has 0 saturated carbocycles. The van der Waals surface area contributed by atoms with E-state index >= 15 is 0 Å². The largest absolute Gasteiger partial charge is 0.394 e. The van der Waals surface area contributed by atoms with Gasteiger partial charge in [0.1, 0.15) is 73.2 Å². The average Bonchev–Trinajstić information content (AvgIpc) is 3.35. The molecule has 3 fully saturated rings. The first-order valence-corrected chi connectivity index (χ1v) is 26.6. The van der Waals surface area contributed by atoms with Crippen molar-refractivity contribution in [1.29, 1.82) is 0 Å². The number of nitrogens with one attached hydrogen (secondary N) is 1. The maximum Gasteiger partial charge on any atom is 0.220 e. The molecule has 0 aliphatic carbocycles. The van der Waals surface area contributed by atoms with E-state index in [2.05, 4.69) is 31.3 Å². The van der Waals surface area contributed by atoms with Crippen LogP contribution in [0.4, 0.5) is 0 Å². The second-order valence-electron chi connectivity index (χ2n) is 19.3. The molecule has 3 aliphatic heterocycles. The summed E-state index contributed by atoms with van der Waals surface area (Å²) in [4.78, 5) is 13.1. The number of carbonyl (C=O) groups is 1. The van der Waals surface area contributed by atoms with Crippen LogP contribution < -0.4 is 5.32 Å². The zero-order chi connectivity index (χ0) is 51.3. The normalized spacial score (nSPS) is 32.7. The number of unbranched alkanes of at least 4 members (excludes halogenated alkanes) is 19. The summed E-state index contributed by atoms with van der Waals surface area (Å²) in [5.41, 5.74) is 0. The fraction of sp³-hybridized carbons (Fsp3) is 0.902. The monoisotopic (exact) mass is 1010 g/mol. The standard InChI is InChI=1S/C51H93NO18/c1-3-5-7-9-11-12-13-14-15-16-17-18-19-20-21-22-23-24-26-28-35(56)34(52-39(57)29-27-25-10-8-6-4-2)33-65-49-45(63)42(60)47(37(31-54)67-49)70-51-46(64)43(61)48(38(32-55)68-51)69-50-44(62)41(59)40(58)36(30-53)66-50/h21-22,26,28,34-38,40-51,53-56,58-64H,3-20,23-25,27,29-33H2,1-2H3,(H,52,57)/b22-21+,28-26+. The van der Waals surface area contributed by atoms with Crippen LogP contribution in [0, 0.1) is 0 Å². The number of hydrogen-bond donors (Lipinski definition) is 12. The van der Waals surface area contributed by atoms with Gasteiger partial charge in [0.25, 0.3) is 0 Å². The zero-order valence-corrected chi connectivity index (χ0v) is 42.0. The Morgan fingerprint density at radius 1 is 0.500 bits per heavy atom. The van der Waals surface area contributed by atoms with Crippen LogP contribution in [0.5, 0.6) is 0 Å². The van der Waals surface area contributed by atoms with Gasteiger partial charge in [-0.2, -0.15) is 0 Å². The molecule has 3 heterocycles. The van der Waals surface area contributed by atoms with Crippen molar-refractivity contribution in [3.05, 3.63) is 24.3 Å². The third kappa shape index (κ3) is 21.6. The smallest absolute Gasteiger partial charge is 0.220 e. The van der Waals surface area contributed by atoms with E-state index in [1.54, 1.807) is 6.08 Å². The summed E-state index contributed by atoms with van der Waals surface area (Å²) in [5, 5.41) is 119. The van der Waals surface area contributed by atoms with Gasteiger partial charge in [0, 0.05) is 6.42 Å². The van der Waals surface area contributed by atoms with E-state index in [-0.39, 0.29) is 18.9 Å². The molecule has 0 aromatic heterocycles. The van der Waals surface area contributed by atoms with Gasteiger partial charge in [-0.25, -0.2) is 0 Å². The number of allylic oxidation sites excluding steroid dienone is 3. The van der Waals surface area contributed by atoms with Crippen LogP contribution in [0.15, 0.2) is 24.3 Å². The Kier molecular flexibility index (Phi) is 32.4. The number of hydrogen-bond acceptors (Lipinski definition) is 18. The number of rotatable bonds is 37. The summed E-state index contributed by atoms with van der Waals surface area (Å²) < 4.78 is 34.0. The fourth-order valence-electron chi connectivity index (χ4n) is 9.03. The molecule has 1 amide bonds. The number of ether oxygens (including phenoxy) is 6. The lowest BCUT2D eigenvalue weighted by Gasteiger charge is -2.48. The highest BCUT2D eigenvalue weighted by Gasteiger charge is 2.53. The minimum Gasteiger partial charge on any atom is -0.394 e. The number of aliphatic hydroxyl groups is 11. The van der Waals surface area contributed by atoms with E-state index in [1.807, 2.05) is 6.08 Å². The van der Waals surface area contributed by atoms with E-state index in [0.717, 1.165) is 51.4 Å². The SMILES string of the molecule is CCCCCCCCCCCCCCC/C=C/CC/C=C/C(O)C(COC1OC(CO)C(OC2OC(CO)C(OC3OC(CO)C(O)C(O)C3O)C(O)C2O)C(O)C1O)NC(=O)CCCCCCCC. The molecular weight excluding hydrogens is 915 g/mol. The molecule has 0 radical (unpaired) electrons. The van der Waals surface area contributed by atoms with Gasteiger partial charge >= 0.3 is 0 Å². The van der Waals surface area contributed by atoms with Crippen LogP contribution in [0.3, 0.4) is 0 Å². The number of aliphatic hydroxyl groups excluding tert-OH is 11. The van der Waals surface area contributed by atoms with Crippen molar-refractivity contribution >= 4 is 5.91 Å². The Morgan fingerprint density at radius 2 is 0.914 bits per heavy atom. The first-order valence-electron chi connectivity index (χ1n) is 26.6. The van der Waals surface area contributed by atoms with Crippen LogP contribution >= 0.6 is 0 Å². The molecule has 3 saturated heterocycles. The van der Waals surface area contributed by atoms with Gasteiger partial charge in [-0.15, -0.1) is 0 Å². The minimum atomic E-state index is -1.98. The maximum absolute atomic E-state index is 13.1. The number of amides is 1. The van der Waals surface area contributed by atoms with Gasteiger partial charge in [-0.3, -0.25) is 4.79 Å². The molecule has 0 aromatic rings. The van der Waals surface area contributed by atoms with Crippen LogP contribution in [0.1, 0.15) is 162 Å². The Morgan fingerprint density at radius 3 is 1.43 bits per heavy atom. The van der Waals surface area contributed by atoms with Crippen molar-refractivity contribution in [1.82, 2.24) is 5.32 Å². The molecule has 17 atom stereocenters. The summed E-state index contributed by atoms with van der Waals surface area (Å²) in [7, 11) is 0. The van der Waals surface area contributed by atoms with Crippen molar-refractivity contribution < 1.29 is 89.4 Å². The molecule has 19 nitrogen and oxygen atoms in total. The lowest BCUT2D eigenvalue weighted by atomic mass is 9.96.